The van der Waals surface area contributed by atoms with Crippen LogP contribution >= 0.6 is 15.9 Å². The van der Waals surface area contributed by atoms with Crippen LogP contribution in [-0.2, 0) is 20.5 Å². The molecule has 24 heavy (non-hydrogen) atoms. The zero-order chi connectivity index (χ0) is 18.7. The summed E-state index contributed by atoms with van der Waals surface area (Å²) in [6.45, 7) is 4.84. The predicted octanol–water partition coefficient (Wildman–Crippen LogP) is 3.53. The molecule has 9 heteroatoms. The molecular formula is C15H19BrF3NO3S. The normalized spacial score (nSPS) is 15.9. The molecule has 0 saturated heterocycles. The molecule has 0 amide bonds. The van der Waals surface area contributed by atoms with E-state index in [0.29, 0.717) is 4.47 Å². The molecule has 1 N–H and O–H groups in total. The lowest BCUT2D eigenvalue weighted by Crippen LogP contribution is -2.49. The monoisotopic (exact) mass is 429 g/mol. The third kappa shape index (κ3) is 5.29. The summed E-state index contributed by atoms with van der Waals surface area (Å²) in [5, 5.41) is 0. The zero-order valence-corrected chi connectivity index (χ0v) is 16.0. The largest absolute Gasteiger partial charge is 0.468 e. The Morgan fingerprint density at radius 2 is 1.92 bits per heavy atom. The first-order chi connectivity index (χ1) is 11.0. The van der Waals surface area contributed by atoms with Crippen LogP contribution in [0.5, 0.6) is 0 Å². The number of carbonyl (C=O) groups is 1. The van der Waals surface area contributed by atoms with Gasteiger partial charge in [0.25, 0.3) is 0 Å². The van der Waals surface area contributed by atoms with Gasteiger partial charge in [-0.3, -0.25) is 4.79 Å². The quantitative estimate of drug-likeness (QED) is 0.703. The first-order valence-electron chi connectivity index (χ1n) is 6.98. The Balaban J connectivity index is 3.36. The average Bonchev–Trinajstić information content (AvgIpc) is 2.47. The van der Waals surface area contributed by atoms with E-state index in [4.69, 9.17) is 0 Å². The number of hydrogen-bond acceptors (Lipinski definition) is 3. The molecule has 0 radical (unpaired) electrons. The fraction of sp³-hybridized carbons (Fsp3) is 0.533. The molecule has 0 bridgehead atoms. The van der Waals surface area contributed by atoms with E-state index >= 15 is 0 Å². The molecule has 1 unspecified atom stereocenters. The maximum Gasteiger partial charge on any atom is 0.324 e. The molecule has 0 fully saturated rings. The number of carbonyl (C=O) groups excluding carboxylic acids is 1. The van der Waals surface area contributed by atoms with Crippen molar-refractivity contribution in [3.8, 4) is 0 Å². The minimum absolute atomic E-state index is 0.367. The van der Waals surface area contributed by atoms with Crippen molar-refractivity contribution in [1.29, 1.82) is 0 Å². The first kappa shape index (κ1) is 21.1. The Hall–Kier alpha value is -0.930. The second-order valence-corrected chi connectivity index (χ2v) is 8.94. The number of rotatable bonds is 6. The van der Waals surface area contributed by atoms with Crippen LogP contribution in [0.3, 0.4) is 0 Å². The van der Waals surface area contributed by atoms with Gasteiger partial charge in [0.1, 0.15) is 11.9 Å². The van der Waals surface area contributed by atoms with Crippen LogP contribution in [0.15, 0.2) is 22.7 Å². The van der Waals surface area contributed by atoms with Gasteiger partial charge in [-0.1, -0.05) is 15.9 Å². The smallest absolute Gasteiger partial charge is 0.324 e. The second-order valence-electron chi connectivity index (χ2n) is 6.03. The van der Waals surface area contributed by atoms with Gasteiger partial charge in [0.05, 0.1) is 28.8 Å². The fourth-order valence-electron chi connectivity index (χ4n) is 1.92. The van der Waals surface area contributed by atoms with Gasteiger partial charge in [0, 0.05) is 4.47 Å². The van der Waals surface area contributed by atoms with Crippen molar-refractivity contribution in [2.75, 3.05) is 7.11 Å². The van der Waals surface area contributed by atoms with Crippen molar-refractivity contribution < 1.29 is 26.9 Å². The highest BCUT2D eigenvalue weighted by Crippen LogP contribution is 2.32. The lowest BCUT2D eigenvalue weighted by Gasteiger charge is -2.28. The van der Waals surface area contributed by atoms with Crippen LogP contribution in [-0.4, -0.2) is 34.5 Å². The summed E-state index contributed by atoms with van der Waals surface area (Å²) in [5.41, 5.74) is -0.367. The molecule has 0 aliphatic heterocycles. The molecule has 1 rings (SSSR count). The second kappa shape index (κ2) is 8.44. The highest BCUT2D eigenvalue weighted by Gasteiger charge is 2.41. The van der Waals surface area contributed by atoms with Crippen LogP contribution in [0.4, 0.5) is 13.2 Å². The van der Waals surface area contributed by atoms with Gasteiger partial charge < -0.3 is 4.74 Å². The summed E-state index contributed by atoms with van der Waals surface area (Å²) in [6, 6.07) is 1.88. The average molecular weight is 430 g/mol. The molecule has 4 nitrogen and oxygen atoms in total. The SMILES string of the molecule is COC(=O)[C@@H](N[S@@](=O)C(C)(C)C)C(c1cc(Br)ccc1F)C(F)F. The van der Waals surface area contributed by atoms with Crippen molar-refractivity contribution in [3.63, 3.8) is 0 Å². The number of benzene rings is 1. The predicted molar refractivity (Wildman–Crippen MR) is 89.7 cm³/mol. The number of nitrogens with one attached hydrogen (secondary N) is 1. The van der Waals surface area contributed by atoms with Gasteiger partial charge in [-0.2, -0.15) is 0 Å². The molecule has 3 atom stereocenters. The Morgan fingerprint density at radius 1 is 1.33 bits per heavy atom. The number of methoxy groups -OCH3 is 1. The van der Waals surface area contributed by atoms with Crippen LogP contribution in [0.1, 0.15) is 32.3 Å². The van der Waals surface area contributed by atoms with E-state index in [0.717, 1.165) is 13.2 Å². The highest BCUT2D eigenvalue weighted by atomic mass is 79.9. The van der Waals surface area contributed by atoms with Crippen molar-refractivity contribution in [3.05, 3.63) is 34.1 Å². The molecule has 0 spiro atoms. The van der Waals surface area contributed by atoms with Gasteiger partial charge in [-0.25, -0.2) is 22.1 Å². The molecule has 0 aliphatic carbocycles. The van der Waals surface area contributed by atoms with Crippen LogP contribution in [0.25, 0.3) is 0 Å². The third-order valence-corrected chi connectivity index (χ3v) is 5.27. The Labute approximate surface area is 149 Å². The van der Waals surface area contributed by atoms with Crippen LogP contribution in [0.2, 0.25) is 0 Å². The fourth-order valence-corrected chi connectivity index (χ4v) is 3.12. The van der Waals surface area contributed by atoms with E-state index in [9.17, 15) is 22.2 Å². The van der Waals surface area contributed by atoms with E-state index < -0.39 is 45.9 Å². The van der Waals surface area contributed by atoms with Crippen LogP contribution < -0.4 is 4.72 Å². The Kier molecular flexibility index (Phi) is 7.43. The molecule has 0 heterocycles. The topological polar surface area (TPSA) is 55.4 Å². The van der Waals surface area contributed by atoms with Crippen LogP contribution in [0, 0.1) is 5.82 Å². The summed E-state index contributed by atoms with van der Waals surface area (Å²) in [7, 11) is -0.806. The molecule has 0 aromatic heterocycles. The third-order valence-electron chi connectivity index (χ3n) is 3.19. The summed E-state index contributed by atoms with van der Waals surface area (Å²) in [4.78, 5) is 12.0. The molecule has 136 valence electrons. The van der Waals surface area contributed by atoms with Gasteiger partial charge in [-0.15, -0.1) is 0 Å². The van der Waals surface area contributed by atoms with Crippen molar-refractivity contribution >= 4 is 32.9 Å². The molecule has 1 aromatic rings. The molecule has 1 aromatic carbocycles. The lowest BCUT2D eigenvalue weighted by atomic mass is 9.92. The molecule has 0 aliphatic rings. The molecular weight excluding hydrogens is 411 g/mol. The van der Waals surface area contributed by atoms with Crippen molar-refractivity contribution in [2.45, 2.75) is 43.9 Å². The zero-order valence-electron chi connectivity index (χ0n) is 13.6. The number of halogens is 4. The Bertz CT molecular complexity index is 622. The maximum atomic E-state index is 14.1. The maximum absolute atomic E-state index is 14.1. The standard InChI is InChI=1S/C15H19BrF3NO3S/c1-15(2,3)24(22)20-12(14(21)23-4)11(13(18)19)9-7-8(16)5-6-10(9)17/h5-7,11-13,20H,1-4H3/t11?,12-,24-/m0/s1. The van der Waals surface area contributed by atoms with Gasteiger partial charge in [0.2, 0.25) is 6.43 Å². The van der Waals surface area contributed by atoms with Gasteiger partial charge >= 0.3 is 5.97 Å². The van der Waals surface area contributed by atoms with E-state index in [-0.39, 0.29) is 5.56 Å². The van der Waals surface area contributed by atoms with Crippen molar-refractivity contribution in [1.82, 2.24) is 4.72 Å². The number of esters is 1. The lowest BCUT2D eigenvalue weighted by molar-refractivity contribution is -0.144. The number of alkyl halides is 2. The highest BCUT2D eigenvalue weighted by molar-refractivity contribution is 9.10. The summed E-state index contributed by atoms with van der Waals surface area (Å²) < 4.78 is 60.1. The minimum atomic E-state index is -3.08. The number of hydrogen-bond donors (Lipinski definition) is 1. The Morgan fingerprint density at radius 3 is 2.38 bits per heavy atom. The first-order valence-corrected chi connectivity index (χ1v) is 8.92. The van der Waals surface area contributed by atoms with Crippen molar-refractivity contribution in [2.24, 2.45) is 0 Å². The van der Waals surface area contributed by atoms with E-state index in [1.54, 1.807) is 20.8 Å². The summed E-state index contributed by atoms with van der Waals surface area (Å²) >= 11 is 3.09. The van der Waals surface area contributed by atoms with E-state index in [1.807, 2.05) is 0 Å². The van der Waals surface area contributed by atoms with Gasteiger partial charge in [0.15, 0.2) is 0 Å². The van der Waals surface area contributed by atoms with E-state index in [2.05, 4.69) is 25.4 Å². The minimum Gasteiger partial charge on any atom is -0.468 e. The summed E-state index contributed by atoms with van der Waals surface area (Å²) in [6.07, 6.45) is -3.08. The number of ether oxygens (including phenoxy) is 1. The van der Waals surface area contributed by atoms with E-state index in [1.165, 1.54) is 12.1 Å². The molecule has 0 saturated carbocycles. The van der Waals surface area contributed by atoms with Gasteiger partial charge in [-0.05, 0) is 44.5 Å². The summed E-state index contributed by atoms with van der Waals surface area (Å²) in [5.74, 6) is -3.79.